The van der Waals surface area contributed by atoms with Crippen LogP contribution in [0.2, 0.25) is 0 Å². The summed E-state index contributed by atoms with van der Waals surface area (Å²) in [7, 11) is -3.67. The maximum atomic E-state index is 13.3. The Balaban J connectivity index is 1.70. The minimum atomic E-state index is -3.67. The Morgan fingerprint density at radius 2 is 1.96 bits per heavy atom. The Bertz CT molecular complexity index is 811. The fraction of sp³-hybridized carbons (Fsp3) is 0.500. The number of hydrogen-bond acceptors (Lipinski definition) is 5. The lowest BCUT2D eigenvalue weighted by Gasteiger charge is -2.29. The SMILES string of the molecule is CC(C)c1nnc(C2CCN(S(=O)(=O)c3cccc(F)c3)CC2)o1. The van der Waals surface area contributed by atoms with E-state index in [1.54, 1.807) is 0 Å². The minimum absolute atomic E-state index is 0.0131. The van der Waals surface area contributed by atoms with Crippen LogP contribution in [0, 0.1) is 5.82 Å². The second-order valence-electron chi connectivity index (χ2n) is 6.27. The summed E-state index contributed by atoms with van der Waals surface area (Å²) in [5.41, 5.74) is 0. The predicted octanol–water partition coefficient (Wildman–Crippen LogP) is 2.90. The van der Waals surface area contributed by atoms with Crippen molar-refractivity contribution in [2.75, 3.05) is 13.1 Å². The van der Waals surface area contributed by atoms with Crippen LogP contribution in [-0.2, 0) is 10.0 Å². The Labute approximate surface area is 140 Å². The highest BCUT2D eigenvalue weighted by Gasteiger charge is 2.32. The van der Waals surface area contributed by atoms with Gasteiger partial charge in [0.05, 0.1) is 4.90 Å². The van der Waals surface area contributed by atoms with Gasteiger partial charge < -0.3 is 4.42 Å². The first kappa shape index (κ1) is 17.0. The molecule has 0 unspecified atom stereocenters. The summed E-state index contributed by atoms with van der Waals surface area (Å²) in [4.78, 5) is -0.0131. The monoisotopic (exact) mass is 353 g/mol. The van der Waals surface area contributed by atoms with Crippen LogP contribution in [0.1, 0.15) is 50.3 Å². The summed E-state index contributed by atoms with van der Waals surface area (Å²) in [6.07, 6.45) is 1.21. The molecular weight excluding hydrogens is 333 g/mol. The van der Waals surface area contributed by atoms with Gasteiger partial charge >= 0.3 is 0 Å². The van der Waals surface area contributed by atoms with E-state index in [9.17, 15) is 12.8 Å². The van der Waals surface area contributed by atoms with Gasteiger partial charge in [0.25, 0.3) is 0 Å². The average molecular weight is 353 g/mol. The molecule has 0 radical (unpaired) electrons. The molecule has 0 saturated carbocycles. The van der Waals surface area contributed by atoms with Crippen LogP contribution in [0.4, 0.5) is 4.39 Å². The molecule has 0 bridgehead atoms. The molecule has 24 heavy (non-hydrogen) atoms. The van der Waals surface area contributed by atoms with Crippen molar-refractivity contribution < 1.29 is 17.2 Å². The van der Waals surface area contributed by atoms with Crippen molar-refractivity contribution in [3.05, 3.63) is 41.9 Å². The molecule has 1 saturated heterocycles. The molecule has 0 N–H and O–H groups in total. The Morgan fingerprint density at radius 3 is 2.54 bits per heavy atom. The molecule has 3 rings (SSSR count). The van der Waals surface area contributed by atoms with Crippen LogP contribution in [0.15, 0.2) is 33.6 Å². The molecule has 0 amide bonds. The van der Waals surface area contributed by atoms with E-state index in [2.05, 4.69) is 10.2 Å². The smallest absolute Gasteiger partial charge is 0.243 e. The highest BCUT2D eigenvalue weighted by molar-refractivity contribution is 7.89. The van der Waals surface area contributed by atoms with Crippen LogP contribution in [0.3, 0.4) is 0 Å². The van der Waals surface area contributed by atoms with E-state index in [0.717, 1.165) is 6.07 Å². The zero-order valence-electron chi connectivity index (χ0n) is 13.6. The first-order valence-corrected chi connectivity index (χ1v) is 9.41. The van der Waals surface area contributed by atoms with Crippen molar-refractivity contribution in [3.8, 4) is 0 Å². The second-order valence-corrected chi connectivity index (χ2v) is 8.21. The van der Waals surface area contributed by atoms with E-state index in [1.165, 1.54) is 22.5 Å². The molecule has 1 aromatic heterocycles. The lowest BCUT2D eigenvalue weighted by Crippen LogP contribution is -2.38. The van der Waals surface area contributed by atoms with E-state index < -0.39 is 15.8 Å². The summed E-state index contributed by atoms with van der Waals surface area (Å²) >= 11 is 0. The van der Waals surface area contributed by atoms with E-state index in [4.69, 9.17) is 4.42 Å². The van der Waals surface area contributed by atoms with Gasteiger partial charge in [-0.05, 0) is 31.0 Å². The number of benzene rings is 1. The van der Waals surface area contributed by atoms with Gasteiger partial charge in [-0.15, -0.1) is 10.2 Å². The Hall–Kier alpha value is -1.80. The molecule has 0 spiro atoms. The first-order chi connectivity index (χ1) is 11.4. The topological polar surface area (TPSA) is 76.3 Å². The molecule has 6 nitrogen and oxygen atoms in total. The van der Waals surface area contributed by atoms with Gasteiger partial charge in [-0.25, -0.2) is 12.8 Å². The number of aromatic nitrogens is 2. The molecule has 1 aliphatic rings. The lowest BCUT2D eigenvalue weighted by atomic mass is 9.98. The summed E-state index contributed by atoms with van der Waals surface area (Å²) < 4.78 is 45.5. The summed E-state index contributed by atoms with van der Waals surface area (Å²) in [5.74, 6) is 0.836. The summed E-state index contributed by atoms with van der Waals surface area (Å²) in [6.45, 7) is 4.66. The molecule has 1 aliphatic heterocycles. The van der Waals surface area contributed by atoms with Crippen LogP contribution >= 0.6 is 0 Å². The van der Waals surface area contributed by atoms with Crippen molar-refractivity contribution >= 4 is 10.0 Å². The molecule has 8 heteroatoms. The van der Waals surface area contributed by atoms with Gasteiger partial charge in [-0.3, -0.25) is 0 Å². The standard InChI is InChI=1S/C16H20FN3O3S/c1-11(2)15-18-19-16(23-15)12-6-8-20(9-7-12)24(21,22)14-5-3-4-13(17)10-14/h3-5,10-12H,6-9H2,1-2H3. The van der Waals surface area contributed by atoms with Gasteiger partial charge in [0.1, 0.15) is 5.82 Å². The fourth-order valence-corrected chi connectivity index (χ4v) is 4.27. The number of sulfonamides is 1. The summed E-state index contributed by atoms with van der Waals surface area (Å²) in [5, 5.41) is 8.11. The van der Waals surface area contributed by atoms with Gasteiger partial charge in [0.15, 0.2) is 0 Å². The van der Waals surface area contributed by atoms with E-state index in [0.29, 0.717) is 37.7 Å². The third kappa shape index (κ3) is 3.34. The average Bonchev–Trinajstić information content (AvgIpc) is 3.05. The first-order valence-electron chi connectivity index (χ1n) is 7.97. The zero-order chi connectivity index (χ0) is 17.3. The number of hydrogen-bond donors (Lipinski definition) is 0. The van der Waals surface area contributed by atoms with Gasteiger partial charge in [-0.2, -0.15) is 4.31 Å². The molecule has 1 fully saturated rings. The third-order valence-electron chi connectivity index (χ3n) is 4.19. The van der Waals surface area contributed by atoms with Crippen molar-refractivity contribution in [1.29, 1.82) is 0 Å². The Morgan fingerprint density at radius 1 is 1.25 bits per heavy atom. The molecule has 2 heterocycles. The van der Waals surface area contributed by atoms with Crippen LogP contribution in [0.5, 0.6) is 0 Å². The molecule has 0 atom stereocenters. The van der Waals surface area contributed by atoms with Gasteiger partial charge in [0.2, 0.25) is 21.8 Å². The quantitative estimate of drug-likeness (QED) is 0.845. The van der Waals surface area contributed by atoms with Gasteiger partial charge in [-0.1, -0.05) is 19.9 Å². The van der Waals surface area contributed by atoms with Crippen LogP contribution < -0.4 is 0 Å². The molecule has 2 aromatic rings. The fourth-order valence-electron chi connectivity index (χ4n) is 2.76. The van der Waals surface area contributed by atoms with E-state index in [-0.39, 0.29) is 16.7 Å². The lowest BCUT2D eigenvalue weighted by molar-refractivity contribution is 0.285. The van der Waals surface area contributed by atoms with Gasteiger partial charge in [0, 0.05) is 24.9 Å². The van der Waals surface area contributed by atoms with Crippen LogP contribution in [0.25, 0.3) is 0 Å². The largest absolute Gasteiger partial charge is 0.425 e. The number of halogens is 1. The molecule has 0 aliphatic carbocycles. The highest BCUT2D eigenvalue weighted by Crippen LogP contribution is 2.30. The van der Waals surface area contributed by atoms with Crippen molar-refractivity contribution in [3.63, 3.8) is 0 Å². The maximum absolute atomic E-state index is 13.3. The van der Waals surface area contributed by atoms with Crippen molar-refractivity contribution in [2.24, 2.45) is 0 Å². The molecule has 130 valence electrons. The highest BCUT2D eigenvalue weighted by atomic mass is 32.2. The Kier molecular flexibility index (Phi) is 4.69. The molecular formula is C16H20FN3O3S. The summed E-state index contributed by atoms with van der Waals surface area (Å²) in [6, 6.07) is 5.10. The zero-order valence-corrected chi connectivity index (χ0v) is 14.5. The number of piperidine rings is 1. The van der Waals surface area contributed by atoms with Crippen molar-refractivity contribution in [1.82, 2.24) is 14.5 Å². The molecule has 1 aromatic carbocycles. The van der Waals surface area contributed by atoms with E-state index >= 15 is 0 Å². The second kappa shape index (κ2) is 6.60. The third-order valence-corrected chi connectivity index (χ3v) is 6.08. The van der Waals surface area contributed by atoms with Crippen molar-refractivity contribution in [2.45, 2.75) is 43.4 Å². The maximum Gasteiger partial charge on any atom is 0.243 e. The number of rotatable bonds is 4. The minimum Gasteiger partial charge on any atom is -0.425 e. The predicted molar refractivity (Wildman–Crippen MR) is 85.5 cm³/mol. The number of nitrogens with zero attached hydrogens (tertiary/aromatic N) is 3. The van der Waals surface area contributed by atoms with Crippen LogP contribution in [-0.4, -0.2) is 36.0 Å². The van der Waals surface area contributed by atoms with E-state index in [1.807, 2.05) is 13.8 Å². The normalized spacial score (nSPS) is 17.5.